The molecule has 2 aromatic carbocycles. The van der Waals surface area contributed by atoms with Gasteiger partial charge in [-0.1, -0.05) is 31.2 Å². The molecular formula is C21H24N2O6S. The van der Waals surface area contributed by atoms with E-state index in [9.17, 15) is 18.0 Å². The normalized spacial score (nSPS) is 14.4. The molecule has 1 aliphatic rings. The number of hydrogen-bond acceptors (Lipinski definition) is 6. The van der Waals surface area contributed by atoms with Gasteiger partial charge >= 0.3 is 0 Å². The molecule has 0 N–H and O–H groups in total. The molecule has 2 amide bonds. The van der Waals surface area contributed by atoms with Crippen molar-refractivity contribution in [2.45, 2.75) is 24.8 Å². The maximum absolute atomic E-state index is 12.9. The Hall–Kier alpha value is -3.07. The van der Waals surface area contributed by atoms with Gasteiger partial charge in [0.05, 0.1) is 19.8 Å². The Labute approximate surface area is 176 Å². The van der Waals surface area contributed by atoms with E-state index in [0.717, 1.165) is 12.0 Å². The fourth-order valence-corrected chi connectivity index (χ4v) is 4.76. The molecule has 0 aliphatic carbocycles. The first-order chi connectivity index (χ1) is 14.2. The second kappa shape index (κ2) is 8.35. The van der Waals surface area contributed by atoms with E-state index < -0.39 is 28.4 Å². The smallest absolute Gasteiger partial charge is 0.269 e. The van der Waals surface area contributed by atoms with Gasteiger partial charge in [0.15, 0.2) is 11.5 Å². The topological polar surface area (TPSA) is 93.2 Å². The minimum Gasteiger partial charge on any atom is -0.493 e. The molecule has 3 rings (SSSR count). The van der Waals surface area contributed by atoms with E-state index >= 15 is 0 Å². The Morgan fingerprint density at radius 3 is 2.17 bits per heavy atom. The average molecular weight is 432 g/mol. The lowest BCUT2D eigenvalue weighted by molar-refractivity contribution is -0.130. The second-order valence-electron chi connectivity index (χ2n) is 6.94. The first-order valence-corrected chi connectivity index (χ1v) is 10.8. The van der Waals surface area contributed by atoms with Crippen LogP contribution < -0.4 is 9.47 Å². The van der Waals surface area contributed by atoms with Crippen LogP contribution in [0.15, 0.2) is 41.3 Å². The number of aryl methyl sites for hydroxylation is 1. The van der Waals surface area contributed by atoms with Crippen LogP contribution in [0.5, 0.6) is 11.5 Å². The molecule has 30 heavy (non-hydrogen) atoms. The average Bonchev–Trinajstić information content (AvgIpc) is 2.93. The van der Waals surface area contributed by atoms with Crippen LogP contribution >= 0.6 is 0 Å². The van der Waals surface area contributed by atoms with Crippen LogP contribution in [-0.2, 0) is 27.8 Å². The lowest BCUT2D eigenvalue weighted by Gasteiger charge is -2.21. The molecular weight excluding hydrogens is 408 g/mol. The maximum Gasteiger partial charge on any atom is 0.269 e. The number of rotatable bonds is 7. The number of carbonyl (C=O) groups excluding carboxylic acids is 2. The van der Waals surface area contributed by atoms with Crippen LogP contribution in [0.4, 0.5) is 0 Å². The fraction of sp³-hybridized carbons (Fsp3) is 0.333. The summed E-state index contributed by atoms with van der Waals surface area (Å²) in [5.74, 6) is -0.827. The Morgan fingerprint density at radius 1 is 1.03 bits per heavy atom. The van der Waals surface area contributed by atoms with Gasteiger partial charge in [-0.15, -0.1) is 0 Å². The molecule has 0 saturated carbocycles. The van der Waals surface area contributed by atoms with Crippen molar-refractivity contribution in [2.75, 3.05) is 27.8 Å². The van der Waals surface area contributed by atoms with Crippen LogP contribution in [0.1, 0.15) is 28.4 Å². The number of amides is 2. The van der Waals surface area contributed by atoms with Gasteiger partial charge in [-0.2, -0.15) is 0 Å². The molecule has 0 atom stereocenters. The predicted molar refractivity (Wildman–Crippen MR) is 110 cm³/mol. The third-order valence-electron chi connectivity index (χ3n) is 5.07. The van der Waals surface area contributed by atoms with Crippen molar-refractivity contribution in [3.63, 3.8) is 0 Å². The van der Waals surface area contributed by atoms with Crippen LogP contribution in [-0.4, -0.2) is 57.2 Å². The van der Waals surface area contributed by atoms with Crippen LogP contribution in [0, 0.1) is 0 Å². The molecule has 160 valence electrons. The van der Waals surface area contributed by atoms with E-state index in [-0.39, 0.29) is 22.0 Å². The number of hydrogen-bond donors (Lipinski definition) is 0. The number of methoxy groups -OCH3 is 2. The molecule has 0 fully saturated rings. The van der Waals surface area contributed by atoms with Gasteiger partial charge in [0.1, 0.15) is 11.4 Å². The molecule has 0 bridgehead atoms. The molecule has 0 aromatic heterocycles. The summed E-state index contributed by atoms with van der Waals surface area (Å²) in [4.78, 5) is 26.6. The Kier molecular flexibility index (Phi) is 6.02. The number of benzene rings is 2. The van der Waals surface area contributed by atoms with Crippen molar-refractivity contribution < 1.29 is 27.5 Å². The van der Waals surface area contributed by atoms with Crippen LogP contribution in [0.25, 0.3) is 0 Å². The molecule has 1 aliphatic heterocycles. The van der Waals surface area contributed by atoms with Crippen molar-refractivity contribution in [3.8, 4) is 11.5 Å². The molecule has 0 saturated heterocycles. The number of sulfonamides is 1. The molecule has 0 spiro atoms. The van der Waals surface area contributed by atoms with E-state index in [4.69, 9.17) is 9.47 Å². The SMILES string of the molecule is CCc1ccc(CN(C)C(=O)CN2C(=O)c3cc(OC)c(OC)cc3S2(=O)=O)cc1. The quantitative estimate of drug-likeness (QED) is 0.665. The summed E-state index contributed by atoms with van der Waals surface area (Å²) in [5, 5.41) is 0. The number of fused-ring (bicyclic) bond motifs is 1. The van der Waals surface area contributed by atoms with Crippen molar-refractivity contribution in [1.29, 1.82) is 0 Å². The highest BCUT2D eigenvalue weighted by molar-refractivity contribution is 7.90. The number of nitrogens with zero attached hydrogens (tertiary/aromatic N) is 2. The molecule has 0 radical (unpaired) electrons. The zero-order valence-electron chi connectivity index (χ0n) is 17.3. The zero-order valence-corrected chi connectivity index (χ0v) is 18.2. The Balaban J connectivity index is 1.80. The largest absolute Gasteiger partial charge is 0.493 e. The Bertz CT molecular complexity index is 1080. The summed E-state index contributed by atoms with van der Waals surface area (Å²) >= 11 is 0. The highest BCUT2D eigenvalue weighted by Gasteiger charge is 2.43. The summed E-state index contributed by atoms with van der Waals surface area (Å²) in [6.07, 6.45) is 0.917. The molecule has 2 aromatic rings. The van der Waals surface area contributed by atoms with Gasteiger partial charge in [-0.3, -0.25) is 9.59 Å². The number of carbonyl (C=O) groups is 2. The highest BCUT2D eigenvalue weighted by atomic mass is 32.2. The maximum atomic E-state index is 12.9. The fourth-order valence-electron chi connectivity index (χ4n) is 3.25. The lowest BCUT2D eigenvalue weighted by atomic mass is 10.1. The van der Waals surface area contributed by atoms with E-state index in [1.165, 1.54) is 36.8 Å². The van der Waals surface area contributed by atoms with E-state index in [2.05, 4.69) is 6.92 Å². The van der Waals surface area contributed by atoms with E-state index in [1.807, 2.05) is 24.3 Å². The van der Waals surface area contributed by atoms with Gasteiger partial charge in [0.2, 0.25) is 5.91 Å². The molecule has 0 unspecified atom stereocenters. The first kappa shape index (κ1) is 21.6. The van der Waals surface area contributed by atoms with Crippen LogP contribution in [0.2, 0.25) is 0 Å². The minimum absolute atomic E-state index is 0.0433. The summed E-state index contributed by atoms with van der Waals surface area (Å²) in [7, 11) is 0.171. The number of likely N-dealkylation sites (N-methyl/N-ethyl adjacent to an activating group) is 1. The minimum atomic E-state index is -4.16. The zero-order chi connectivity index (χ0) is 22.1. The van der Waals surface area contributed by atoms with Crippen molar-refractivity contribution in [3.05, 3.63) is 53.1 Å². The van der Waals surface area contributed by atoms with Gasteiger partial charge in [0, 0.05) is 19.7 Å². The number of ether oxygens (including phenoxy) is 2. The summed E-state index contributed by atoms with van der Waals surface area (Å²) in [6, 6.07) is 10.4. The van der Waals surface area contributed by atoms with Crippen molar-refractivity contribution >= 4 is 21.8 Å². The third-order valence-corrected chi connectivity index (χ3v) is 6.84. The van der Waals surface area contributed by atoms with E-state index in [1.54, 1.807) is 7.05 Å². The van der Waals surface area contributed by atoms with Crippen LogP contribution in [0.3, 0.4) is 0 Å². The molecule has 9 heteroatoms. The summed E-state index contributed by atoms with van der Waals surface area (Å²) in [6.45, 7) is 1.78. The molecule has 1 heterocycles. The van der Waals surface area contributed by atoms with Gasteiger partial charge in [0.25, 0.3) is 15.9 Å². The first-order valence-electron chi connectivity index (χ1n) is 9.37. The van der Waals surface area contributed by atoms with Gasteiger partial charge in [-0.25, -0.2) is 12.7 Å². The Morgan fingerprint density at radius 2 is 1.60 bits per heavy atom. The summed E-state index contributed by atoms with van der Waals surface area (Å²) in [5.41, 5.74) is 2.06. The highest BCUT2D eigenvalue weighted by Crippen LogP contribution is 2.38. The lowest BCUT2D eigenvalue weighted by Crippen LogP contribution is -2.40. The predicted octanol–water partition coefficient (Wildman–Crippen LogP) is 2.07. The van der Waals surface area contributed by atoms with E-state index in [0.29, 0.717) is 10.8 Å². The summed E-state index contributed by atoms with van der Waals surface area (Å²) < 4.78 is 36.7. The monoisotopic (exact) mass is 432 g/mol. The second-order valence-corrected chi connectivity index (χ2v) is 8.77. The van der Waals surface area contributed by atoms with Gasteiger partial charge < -0.3 is 14.4 Å². The standard InChI is InChI=1S/C21H24N2O6S/c1-5-14-6-8-15(9-7-14)12-22(2)20(24)13-23-21(25)16-10-17(28-3)18(29-4)11-19(16)30(23,26)27/h6-11H,5,12-13H2,1-4H3. The molecule has 8 nitrogen and oxygen atoms in total. The van der Waals surface area contributed by atoms with Crippen molar-refractivity contribution in [1.82, 2.24) is 9.21 Å². The van der Waals surface area contributed by atoms with Crippen molar-refractivity contribution in [2.24, 2.45) is 0 Å². The van der Waals surface area contributed by atoms with Gasteiger partial charge in [-0.05, 0) is 23.6 Å². The third kappa shape index (κ3) is 3.85.